The molecule has 0 radical (unpaired) electrons. The van der Waals surface area contributed by atoms with E-state index in [0.29, 0.717) is 4.47 Å². The van der Waals surface area contributed by atoms with Crippen LogP contribution in [0.25, 0.3) is 0 Å². The van der Waals surface area contributed by atoms with Crippen LogP contribution < -0.4 is 4.72 Å². The van der Waals surface area contributed by atoms with Gasteiger partial charge >= 0.3 is 0 Å². The molecule has 8 heteroatoms. The predicted octanol–water partition coefficient (Wildman–Crippen LogP) is 1.78. The zero-order valence-electron chi connectivity index (χ0n) is 8.50. The Balaban J connectivity index is 2.14. The van der Waals surface area contributed by atoms with Crippen LogP contribution in [0.5, 0.6) is 0 Å². The number of rotatable bonds is 4. The molecule has 2 heterocycles. The fraction of sp³-hybridized carbons (Fsp3) is 0.111. The van der Waals surface area contributed by atoms with Crippen molar-refractivity contribution >= 4 is 37.3 Å². The van der Waals surface area contributed by atoms with Gasteiger partial charge in [0.15, 0.2) is 0 Å². The molecule has 2 aromatic rings. The fourth-order valence-corrected chi connectivity index (χ4v) is 3.26. The van der Waals surface area contributed by atoms with E-state index in [1.54, 1.807) is 11.6 Å². The van der Waals surface area contributed by atoms with Gasteiger partial charge in [-0.2, -0.15) is 0 Å². The number of hydrogen-bond donors (Lipinski definition) is 1. The maximum Gasteiger partial charge on any atom is 0.242 e. The number of nitrogens with zero attached hydrogens (tertiary/aromatic N) is 2. The zero-order chi connectivity index (χ0) is 12.3. The molecule has 0 unspecified atom stereocenters. The van der Waals surface area contributed by atoms with E-state index < -0.39 is 10.0 Å². The van der Waals surface area contributed by atoms with E-state index in [0.717, 1.165) is 5.01 Å². The number of nitrogens with one attached hydrogen (secondary N) is 1. The van der Waals surface area contributed by atoms with Gasteiger partial charge in [-0.3, -0.25) is 4.98 Å². The third-order valence-corrected chi connectivity index (χ3v) is 4.47. The van der Waals surface area contributed by atoms with Gasteiger partial charge in [0.2, 0.25) is 10.0 Å². The predicted molar refractivity (Wildman–Crippen MR) is 68.1 cm³/mol. The van der Waals surface area contributed by atoms with E-state index in [4.69, 9.17) is 0 Å². The van der Waals surface area contributed by atoms with Crippen molar-refractivity contribution in [1.82, 2.24) is 14.7 Å². The van der Waals surface area contributed by atoms with Crippen LogP contribution in [0.2, 0.25) is 0 Å². The molecule has 0 saturated heterocycles. The second kappa shape index (κ2) is 5.21. The Labute approximate surface area is 111 Å². The molecule has 0 aliphatic carbocycles. The molecule has 1 N–H and O–H groups in total. The summed E-state index contributed by atoms with van der Waals surface area (Å²) in [5.41, 5.74) is 0. The lowest BCUT2D eigenvalue weighted by molar-refractivity contribution is 0.580. The Kier molecular flexibility index (Phi) is 3.87. The molecule has 0 aromatic carbocycles. The quantitative estimate of drug-likeness (QED) is 0.925. The third kappa shape index (κ3) is 3.32. The Bertz CT molecular complexity index is 598. The largest absolute Gasteiger partial charge is 0.262 e. The first-order valence-electron chi connectivity index (χ1n) is 4.56. The van der Waals surface area contributed by atoms with E-state index in [2.05, 4.69) is 30.6 Å². The van der Waals surface area contributed by atoms with Gasteiger partial charge in [-0.05, 0) is 22.0 Å². The first-order chi connectivity index (χ1) is 8.08. The summed E-state index contributed by atoms with van der Waals surface area (Å²) < 4.78 is 26.9. The number of hydrogen-bond acceptors (Lipinski definition) is 5. The van der Waals surface area contributed by atoms with Crippen molar-refractivity contribution in [2.24, 2.45) is 0 Å². The van der Waals surface area contributed by atoms with E-state index in [9.17, 15) is 8.42 Å². The minimum Gasteiger partial charge on any atom is -0.262 e. The van der Waals surface area contributed by atoms with Crippen LogP contribution in [-0.4, -0.2) is 18.4 Å². The average Bonchev–Trinajstić information content (AvgIpc) is 2.79. The third-order valence-electron chi connectivity index (χ3n) is 1.89. The number of sulfonamides is 1. The molecule has 17 heavy (non-hydrogen) atoms. The molecule has 0 aliphatic rings. The highest BCUT2D eigenvalue weighted by Crippen LogP contribution is 2.14. The summed E-state index contributed by atoms with van der Waals surface area (Å²) in [6.07, 6.45) is 4.46. The number of pyridine rings is 1. The van der Waals surface area contributed by atoms with Crippen molar-refractivity contribution in [2.75, 3.05) is 0 Å². The lowest BCUT2D eigenvalue weighted by atomic mass is 10.5. The normalized spacial score (nSPS) is 11.6. The van der Waals surface area contributed by atoms with Gasteiger partial charge in [-0.1, -0.05) is 0 Å². The molecule has 0 amide bonds. The number of halogens is 1. The highest BCUT2D eigenvalue weighted by Gasteiger charge is 2.14. The topological polar surface area (TPSA) is 72.0 Å². The first-order valence-corrected chi connectivity index (χ1v) is 7.72. The van der Waals surface area contributed by atoms with Gasteiger partial charge in [-0.25, -0.2) is 18.1 Å². The Morgan fingerprint density at radius 2 is 2.24 bits per heavy atom. The van der Waals surface area contributed by atoms with E-state index >= 15 is 0 Å². The molecule has 2 rings (SSSR count). The summed E-state index contributed by atoms with van der Waals surface area (Å²) in [6.45, 7) is 0.187. The summed E-state index contributed by atoms with van der Waals surface area (Å²) >= 11 is 4.58. The molecule has 0 aliphatic heterocycles. The Hall–Kier alpha value is -0.830. The highest BCUT2D eigenvalue weighted by molar-refractivity contribution is 9.10. The minimum atomic E-state index is -3.53. The second-order valence-electron chi connectivity index (χ2n) is 3.09. The monoisotopic (exact) mass is 333 g/mol. The first kappa shape index (κ1) is 12.6. The molecular formula is C9H8BrN3O2S2. The van der Waals surface area contributed by atoms with Gasteiger partial charge in [0.1, 0.15) is 9.90 Å². The van der Waals surface area contributed by atoms with Crippen molar-refractivity contribution < 1.29 is 8.42 Å². The fourth-order valence-electron chi connectivity index (χ4n) is 1.12. The van der Waals surface area contributed by atoms with E-state index in [1.807, 2.05) is 0 Å². The summed E-state index contributed by atoms with van der Waals surface area (Å²) in [5.74, 6) is 0. The number of thiazole rings is 1. The number of aromatic nitrogens is 2. The molecular weight excluding hydrogens is 326 g/mol. The van der Waals surface area contributed by atoms with Crippen LogP contribution in [0.3, 0.4) is 0 Å². The highest BCUT2D eigenvalue weighted by atomic mass is 79.9. The van der Waals surface area contributed by atoms with Gasteiger partial charge in [0, 0.05) is 28.4 Å². The standard InChI is InChI=1S/C9H8BrN3O2S2/c10-7-3-8(5-11-4-7)17(14,15)13-6-9-12-1-2-16-9/h1-5,13H,6H2. The SMILES string of the molecule is O=S(=O)(NCc1nccs1)c1cncc(Br)c1. The Morgan fingerprint density at radius 3 is 2.88 bits per heavy atom. The molecule has 0 bridgehead atoms. The summed E-state index contributed by atoms with van der Waals surface area (Å²) in [4.78, 5) is 7.94. The lowest BCUT2D eigenvalue weighted by Crippen LogP contribution is -2.23. The Morgan fingerprint density at radius 1 is 1.41 bits per heavy atom. The van der Waals surface area contributed by atoms with Gasteiger partial charge in [0.25, 0.3) is 0 Å². The van der Waals surface area contributed by atoms with Crippen molar-refractivity contribution in [3.63, 3.8) is 0 Å². The van der Waals surface area contributed by atoms with Crippen LogP contribution in [0.4, 0.5) is 0 Å². The average molecular weight is 334 g/mol. The van der Waals surface area contributed by atoms with Crippen LogP contribution >= 0.6 is 27.3 Å². The van der Waals surface area contributed by atoms with E-state index in [1.165, 1.54) is 29.8 Å². The van der Waals surface area contributed by atoms with Crippen molar-refractivity contribution in [2.45, 2.75) is 11.4 Å². The smallest absolute Gasteiger partial charge is 0.242 e. The molecule has 2 aromatic heterocycles. The summed E-state index contributed by atoms with van der Waals surface area (Å²) in [5, 5.41) is 2.51. The van der Waals surface area contributed by atoms with Crippen LogP contribution in [0.15, 0.2) is 39.4 Å². The molecule has 0 spiro atoms. The van der Waals surface area contributed by atoms with Gasteiger partial charge in [-0.15, -0.1) is 11.3 Å². The molecule has 5 nitrogen and oxygen atoms in total. The molecule has 90 valence electrons. The maximum atomic E-state index is 11.9. The van der Waals surface area contributed by atoms with Crippen LogP contribution in [-0.2, 0) is 16.6 Å². The summed E-state index contributed by atoms with van der Waals surface area (Å²) in [7, 11) is -3.53. The molecule has 0 fully saturated rings. The van der Waals surface area contributed by atoms with Crippen LogP contribution in [0, 0.1) is 0 Å². The minimum absolute atomic E-state index is 0.128. The molecule has 0 atom stereocenters. The van der Waals surface area contributed by atoms with Gasteiger partial charge < -0.3 is 0 Å². The zero-order valence-corrected chi connectivity index (χ0v) is 11.7. The second-order valence-corrected chi connectivity index (χ2v) is 6.75. The lowest BCUT2D eigenvalue weighted by Gasteiger charge is -2.04. The maximum absolute atomic E-state index is 11.9. The molecule has 0 saturated carbocycles. The van der Waals surface area contributed by atoms with Gasteiger partial charge in [0.05, 0.1) is 6.54 Å². The van der Waals surface area contributed by atoms with E-state index in [-0.39, 0.29) is 11.4 Å². The van der Waals surface area contributed by atoms with Crippen molar-refractivity contribution in [1.29, 1.82) is 0 Å². The van der Waals surface area contributed by atoms with Crippen molar-refractivity contribution in [3.05, 3.63) is 39.5 Å². The van der Waals surface area contributed by atoms with Crippen molar-refractivity contribution in [3.8, 4) is 0 Å². The summed E-state index contributed by atoms with van der Waals surface area (Å²) in [6, 6.07) is 1.50. The van der Waals surface area contributed by atoms with Crippen LogP contribution in [0.1, 0.15) is 5.01 Å².